The van der Waals surface area contributed by atoms with Crippen LogP contribution in [0.25, 0.3) is 0 Å². The molecule has 1 fully saturated rings. The molecular formula is C16H24N2O2S. The Morgan fingerprint density at radius 1 is 1.24 bits per heavy atom. The van der Waals surface area contributed by atoms with Crippen LogP contribution in [-0.2, 0) is 11.2 Å². The third-order valence-electron chi connectivity index (χ3n) is 3.85. The maximum Gasteiger partial charge on any atom is 0.251 e. The van der Waals surface area contributed by atoms with Gasteiger partial charge in [0, 0.05) is 44.9 Å². The fourth-order valence-electron chi connectivity index (χ4n) is 2.55. The molecule has 1 heterocycles. The van der Waals surface area contributed by atoms with E-state index in [0.29, 0.717) is 6.42 Å². The van der Waals surface area contributed by atoms with E-state index >= 15 is 0 Å². The van der Waals surface area contributed by atoms with Crippen LogP contribution in [0.15, 0.2) is 30.3 Å². The number of aliphatic hydroxyl groups is 1. The number of aliphatic hydroxyl groups excluding tert-OH is 1. The Hall–Kier alpha value is -1.04. The van der Waals surface area contributed by atoms with E-state index in [1.165, 1.54) is 0 Å². The maximum absolute atomic E-state index is 12.3. The molecule has 21 heavy (non-hydrogen) atoms. The van der Waals surface area contributed by atoms with E-state index in [1.54, 1.807) is 4.90 Å². The summed E-state index contributed by atoms with van der Waals surface area (Å²) in [6.07, 6.45) is 1.58. The van der Waals surface area contributed by atoms with E-state index in [9.17, 15) is 9.90 Å². The van der Waals surface area contributed by atoms with Crippen molar-refractivity contribution in [1.82, 2.24) is 9.80 Å². The summed E-state index contributed by atoms with van der Waals surface area (Å²) in [5, 5.41) is 10.1. The first kappa shape index (κ1) is 16.3. The minimum Gasteiger partial charge on any atom is -0.383 e. The summed E-state index contributed by atoms with van der Waals surface area (Å²) in [6, 6.07) is 9.67. The highest BCUT2D eigenvalue weighted by molar-refractivity contribution is 7.98. The Balaban J connectivity index is 1.78. The second kappa shape index (κ2) is 8.41. The van der Waals surface area contributed by atoms with Crippen LogP contribution in [-0.4, -0.2) is 71.6 Å². The molecule has 0 unspecified atom stereocenters. The topological polar surface area (TPSA) is 43.8 Å². The summed E-state index contributed by atoms with van der Waals surface area (Å²) in [6.45, 7) is 4.34. The molecule has 0 aromatic heterocycles. The first-order chi connectivity index (χ1) is 10.2. The SMILES string of the molecule is CSCCN1CCN(C(=O)[C@@H](O)Cc2ccccc2)CC1. The highest BCUT2D eigenvalue weighted by Crippen LogP contribution is 2.09. The number of thioether (sulfide) groups is 1. The van der Waals surface area contributed by atoms with E-state index < -0.39 is 6.10 Å². The van der Waals surface area contributed by atoms with Crippen molar-refractivity contribution in [2.45, 2.75) is 12.5 Å². The van der Waals surface area contributed by atoms with Crippen molar-refractivity contribution in [2.24, 2.45) is 0 Å². The molecule has 1 atom stereocenters. The molecule has 5 heteroatoms. The second-order valence-electron chi connectivity index (χ2n) is 5.37. The zero-order chi connectivity index (χ0) is 15.1. The van der Waals surface area contributed by atoms with Crippen molar-refractivity contribution in [1.29, 1.82) is 0 Å². The zero-order valence-electron chi connectivity index (χ0n) is 12.6. The molecule has 0 bridgehead atoms. The molecule has 1 aromatic carbocycles. The lowest BCUT2D eigenvalue weighted by Gasteiger charge is -2.35. The molecule has 1 N–H and O–H groups in total. The molecule has 4 nitrogen and oxygen atoms in total. The van der Waals surface area contributed by atoms with Crippen molar-refractivity contribution in [3.05, 3.63) is 35.9 Å². The van der Waals surface area contributed by atoms with Gasteiger partial charge >= 0.3 is 0 Å². The number of piperazine rings is 1. The van der Waals surface area contributed by atoms with Gasteiger partial charge in [-0.3, -0.25) is 9.69 Å². The summed E-state index contributed by atoms with van der Waals surface area (Å²) in [7, 11) is 0. The number of carbonyl (C=O) groups excluding carboxylic acids is 1. The maximum atomic E-state index is 12.3. The molecule has 1 aliphatic heterocycles. The van der Waals surface area contributed by atoms with E-state index in [1.807, 2.05) is 42.1 Å². The fourth-order valence-corrected chi connectivity index (χ4v) is 2.99. The standard InChI is InChI=1S/C16H24N2O2S/c1-21-12-11-17-7-9-18(10-8-17)16(20)15(19)13-14-5-3-2-4-6-14/h2-6,15,19H,7-13H2,1H3/t15-/m0/s1. The van der Waals surface area contributed by atoms with Crippen LogP contribution in [0.2, 0.25) is 0 Å². The van der Waals surface area contributed by atoms with Gasteiger partial charge < -0.3 is 10.0 Å². The van der Waals surface area contributed by atoms with E-state index in [0.717, 1.165) is 44.0 Å². The Labute approximate surface area is 131 Å². The normalized spacial score (nSPS) is 17.7. The number of hydrogen-bond donors (Lipinski definition) is 1. The van der Waals surface area contributed by atoms with Gasteiger partial charge in [0.25, 0.3) is 5.91 Å². The van der Waals surface area contributed by atoms with Gasteiger partial charge in [-0.05, 0) is 11.8 Å². The summed E-state index contributed by atoms with van der Waals surface area (Å²) in [5.74, 6) is 0.994. The highest BCUT2D eigenvalue weighted by Gasteiger charge is 2.25. The van der Waals surface area contributed by atoms with Crippen molar-refractivity contribution in [3.63, 3.8) is 0 Å². The molecule has 0 radical (unpaired) electrons. The van der Waals surface area contributed by atoms with Crippen molar-refractivity contribution in [2.75, 3.05) is 44.7 Å². The molecule has 1 aromatic rings. The van der Waals surface area contributed by atoms with Crippen molar-refractivity contribution >= 4 is 17.7 Å². The predicted octanol–water partition coefficient (Wildman–Crippen LogP) is 1.10. The molecule has 0 spiro atoms. The summed E-state index contributed by atoms with van der Waals surface area (Å²) >= 11 is 1.85. The molecule has 1 amide bonds. The highest BCUT2D eigenvalue weighted by atomic mass is 32.2. The molecule has 2 rings (SSSR count). The summed E-state index contributed by atoms with van der Waals surface area (Å²) < 4.78 is 0. The second-order valence-corrected chi connectivity index (χ2v) is 6.35. The lowest BCUT2D eigenvalue weighted by atomic mass is 10.1. The van der Waals surface area contributed by atoms with Gasteiger partial charge in [-0.25, -0.2) is 0 Å². The van der Waals surface area contributed by atoms with Gasteiger partial charge in [-0.1, -0.05) is 30.3 Å². The lowest BCUT2D eigenvalue weighted by Crippen LogP contribution is -2.52. The van der Waals surface area contributed by atoms with Crippen LogP contribution < -0.4 is 0 Å². The van der Waals surface area contributed by atoms with Crippen molar-refractivity contribution < 1.29 is 9.90 Å². The van der Waals surface area contributed by atoms with Gasteiger partial charge in [-0.15, -0.1) is 0 Å². The monoisotopic (exact) mass is 308 g/mol. The van der Waals surface area contributed by atoms with Crippen molar-refractivity contribution in [3.8, 4) is 0 Å². The molecular weight excluding hydrogens is 284 g/mol. The Bertz CT molecular complexity index is 433. The van der Waals surface area contributed by atoms with E-state index in [-0.39, 0.29) is 5.91 Å². The predicted molar refractivity (Wildman–Crippen MR) is 87.6 cm³/mol. The van der Waals surface area contributed by atoms with Crippen LogP contribution in [0.5, 0.6) is 0 Å². The smallest absolute Gasteiger partial charge is 0.251 e. The van der Waals surface area contributed by atoms with Gasteiger partial charge in [0.15, 0.2) is 0 Å². The minimum absolute atomic E-state index is 0.136. The van der Waals surface area contributed by atoms with Crippen LogP contribution in [0.3, 0.4) is 0 Å². The number of hydrogen-bond acceptors (Lipinski definition) is 4. The molecule has 1 aliphatic rings. The molecule has 1 saturated heterocycles. The van der Waals surface area contributed by atoms with Gasteiger partial charge in [0.1, 0.15) is 6.10 Å². The molecule has 0 aliphatic carbocycles. The molecule has 116 valence electrons. The summed E-state index contributed by atoms with van der Waals surface area (Å²) in [4.78, 5) is 16.5. The Kier molecular flexibility index (Phi) is 6.54. The number of carbonyl (C=O) groups is 1. The first-order valence-electron chi connectivity index (χ1n) is 7.43. The lowest BCUT2D eigenvalue weighted by molar-refractivity contribution is -0.141. The van der Waals surface area contributed by atoms with Crippen LogP contribution >= 0.6 is 11.8 Å². The minimum atomic E-state index is -0.926. The number of rotatable bonds is 6. The largest absolute Gasteiger partial charge is 0.383 e. The van der Waals surface area contributed by atoms with Gasteiger partial charge in [-0.2, -0.15) is 11.8 Å². The number of amides is 1. The Morgan fingerprint density at radius 3 is 2.52 bits per heavy atom. The average Bonchev–Trinajstić information content (AvgIpc) is 2.53. The van der Waals surface area contributed by atoms with Crippen LogP contribution in [0, 0.1) is 0 Å². The zero-order valence-corrected chi connectivity index (χ0v) is 13.4. The summed E-state index contributed by atoms with van der Waals surface area (Å²) in [5.41, 5.74) is 0.997. The first-order valence-corrected chi connectivity index (χ1v) is 8.82. The third-order valence-corrected chi connectivity index (χ3v) is 4.44. The average molecular weight is 308 g/mol. The van der Waals surface area contributed by atoms with Gasteiger partial charge in [0.05, 0.1) is 0 Å². The third kappa shape index (κ3) is 5.02. The Morgan fingerprint density at radius 2 is 1.90 bits per heavy atom. The number of nitrogens with zero attached hydrogens (tertiary/aromatic N) is 2. The van der Waals surface area contributed by atoms with E-state index in [4.69, 9.17) is 0 Å². The quantitative estimate of drug-likeness (QED) is 0.855. The van der Waals surface area contributed by atoms with Gasteiger partial charge in [0.2, 0.25) is 0 Å². The van der Waals surface area contributed by atoms with Crippen LogP contribution in [0.4, 0.5) is 0 Å². The van der Waals surface area contributed by atoms with E-state index in [2.05, 4.69) is 11.2 Å². The number of benzene rings is 1. The molecule has 0 saturated carbocycles. The fraction of sp³-hybridized carbons (Fsp3) is 0.562. The van der Waals surface area contributed by atoms with Crippen LogP contribution in [0.1, 0.15) is 5.56 Å².